The smallest absolute Gasteiger partial charge is 0 e. The third-order valence-electron chi connectivity index (χ3n) is 0. The average Bonchev–Trinajstić information content (AvgIpc) is 0. The molecule has 0 rings (SSSR count). The first-order valence-corrected chi connectivity index (χ1v) is 0. The van der Waals surface area contributed by atoms with Crippen molar-refractivity contribution in [3.05, 3.63) is 0 Å². The molecule has 0 aliphatic carbocycles. The summed E-state index contributed by atoms with van der Waals surface area (Å²) in [5.41, 5.74) is 0. The van der Waals surface area contributed by atoms with Crippen LogP contribution in [0.25, 0.3) is 0 Å². The SMILES string of the molecule is N.[Na].[Na].[Na]. The van der Waals surface area contributed by atoms with Gasteiger partial charge in [-0.3, -0.25) is 0 Å². The van der Waals surface area contributed by atoms with Crippen LogP contribution in [0.4, 0.5) is 0 Å². The maximum Gasteiger partial charge on any atom is 0 e. The maximum atomic E-state index is 0. The summed E-state index contributed by atoms with van der Waals surface area (Å²) >= 11 is 0. The van der Waals surface area contributed by atoms with E-state index in [0.29, 0.717) is 0 Å². The minimum Gasteiger partial charge on any atom is -0.344 e. The van der Waals surface area contributed by atoms with E-state index in [1.165, 1.54) is 0 Å². The summed E-state index contributed by atoms with van der Waals surface area (Å²) in [6.45, 7) is 0. The predicted octanol–water partition coefficient (Wildman–Crippen LogP) is -0.980. The number of hydrogen-bond acceptors (Lipinski definition) is 1. The fourth-order valence-corrected chi connectivity index (χ4v) is 0. The molecule has 0 aliphatic rings. The predicted molar refractivity (Wildman–Crippen MR) is 22.3 cm³/mol. The van der Waals surface area contributed by atoms with Crippen molar-refractivity contribution >= 4 is 88.7 Å². The quantitative estimate of drug-likeness (QED) is 0.378. The molecule has 0 aromatic rings. The fraction of sp³-hybridized carbons (Fsp3) is 0. The van der Waals surface area contributed by atoms with Gasteiger partial charge in [0, 0.05) is 88.7 Å². The average molecular weight is 86.0 g/mol. The van der Waals surface area contributed by atoms with Crippen molar-refractivity contribution in [2.45, 2.75) is 0 Å². The Bertz CT molecular complexity index is 3.25. The van der Waals surface area contributed by atoms with Gasteiger partial charge in [-0.2, -0.15) is 0 Å². The van der Waals surface area contributed by atoms with Crippen molar-refractivity contribution in [2.24, 2.45) is 0 Å². The summed E-state index contributed by atoms with van der Waals surface area (Å²) in [7, 11) is 0. The van der Waals surface area contributed by atoms with Gasteiger partial charge in [-0.1, -0.05) is 0 Å². The van der Waals surface area contributed by atoms with Gasteiger partial charge in [-0.15, -0.1) is 0 Å². The van der Waals surface area contributed by atoms with Crippen molar-refractivity contribution < 1.29 is 0 Å². The van der Waals surface area contributed by atoms with Gasteiger partial charge in [-0.05, 0) is 0 Å². The molecule has 0 saturated carbocycles. The first-order chi connectivity index (χ1) is 0. The van der Waals surface area contributed by atoms with Crippen molar-refractivity contribution in [3.8, 4) is 0 Å². The molecule has 0 heterocycles. The topological polar surface area (TPSA) is 35.0 Å². The number of hydrogen-bond donors (Lipinski definition) is 1. The van der Waals surface area contributed by atoms with Crippen LogP contribution in [0, 0.1) is 0 Å². The van der Waals surface area contributed by atoms with E-state index in [-0.39, 0.29) is 94.8 Å². The second-order valence-corrected chi connectivity index (χ2v) is 0. The van der Waals surface area contributed by atoms with E-state index in [1.807, 2.05) is 0 Å². The third kappa shape index (κ3) is 8.88. The van der Waals surface area contributed by atoms with Crippen molar-refractivity contribution in [3.63, 3.8) is 0 Å². The Morgan fingerprint density at radius 1 is 0.500 bits per heavy atom. The van der Waals surface area contributed by atoms with Crippen LogP contribution >= 0.6 is 0 Å². The monoisotopic (exact) mass is 86.0 g/mol. The number of rotatable bonds is 0. The first-order valence-electron chi connectivity index (χ1n) is 0. The second-order valence-electron chi connectivity index (χ2n) is 0. The summed E-state index contributed by atoms with van der Waals surface area (Å²) in [5, 5.41) is 0. The second kappa shape index (κ2) is 16.7. The zero-order chi connectivity index (χ0) is 0. The van der Waals surface area contributed by atoms with E-state index >= 15 is 0 Å². The molecule has 0 aliphatic heterocycles. The Balaban J connectivity index is 0. The molecule has 0 atom stereocenters. The Morgan fingerprint density at radius 3 is 0.500 bits per heavy atom. The molecule has 0 aromatic carbocycles. The van der Waals surface area contributed by atoms with Crippen LogP contribution in [0.5, 0.6) is 0 Å². The van der Waals surface area contributed by atoms with Gasteiger partial charge in [0.1, 0.15) is 0 Å². The molecular formula is H3NNa3. The van der Waals surface area contributed by atoms with Crippen LogP contribution < -0.4 is 6.15 Å². The van der Waals surface area contributed by atoms with Crippen molar-refractivity contribution in [1.82, 2.24) is 6.15 Å². The fourth-order valence-electron chi connectivity index (χ4n) is 0. The van der Waals surface area contributed by atoms with Gasteiger partial charge in [-0.25, -0.2) is 0 Å². The van der Waals surface area contributed by atoms with Gasteiger partial charge >= 0.3 is 0 Å². The normalized spacial score (nSPS) is 0. The summed E-state index contributed by atoms with van der Waals surface area (Å²) in [4.78, 5) is 0. The molecular weight excluding hydrogens is 83.0 g/mol. The molecule has 4 heteroatoms. The van der Waals surface area contributed by atoms with Crippen LogP contribution in [0.1, 0.15) is 0 Å². The van der Waals surface area contributed by atoms with Gasteiger partial charge in [0.25, 0.3) is 0 Å². The summed E-state index contributed by atoms with van der Waals surface area (Å²) in [5.74, 6) is 0. The molecule has 4 heavy (non-hydrogen) atoms. The van der Waals surface area contributed by atoms with Crippen LogP contribution in [0.3, 0.4) is 0 Å². The molecule has 3 radical (unpaired) electrons. The molecule has 3 N–H and O–H groups in total. The van der Waals surface area contributed by atoms with Crippen LogP contribution in [0.2, 0.25) is 0 Å². The Hall–Kier alpha value is 2.96. The minimum absolute atomic E-state index is 0. The first kappa shape index (κ1) is 28.2. The van der Waals surface area contributed by atoms with Crippen molar-refractivity contribution in [2.75, 3.05) is 0 Å². The standard InChI is InChI=1S/H3N.3Na/h1H3;;;. The third-order valence-corrected chi connectivity index (χ3v) is 0. The Labute approximate surface area is 92.7 Å². The van der Waals surface area contributed by atoms with Gasteiger partial charge in [0.2, 0.25) is 0 Å². The van der Waals surface area contributed by atoms with Gasteiger partial charge < -0.3 is 6.15 Å². The largest absolute Gasteiger partial charge is 0.344 e. The molecule has 0 unspecified atom stereocenters. The van der Waals surface area contributed by atoms with Crippen LogP contribution in [-0.4, -0.2) is 88.7 Å². The maximum absolute atomic E-state index is 0. The van der Waals surface area contributed by atoms with Crippen LogP contribution in [0.15, 0.2) is 0 Å². The molecule has 0 spiro atoms. The molecule has 0 fully saturated rings. The van der Waals surface area contributed by atoms with E-state index in [1.54, 1.807) is 0 Å². The van der Waals surface area contributed by atoms with E-state index in [4.69, 9.17) is 0 Å². The molecule has 0 saturated heterocycles. The van der Waals surface area contributed by atoms with Gasteiger partial charge in [0.05, 0.1) is 0 Å². The van der Waals surface area contributed by atoms with E-state index in [2.05, 4.69) is 0 Å². The van der Waals surface area contributed by atoms with Crippen molar-refractivity contribution in [1.29, 1.82) is 0 Å². The molecule has 0 bridgehead atoms. The summed E-state index contributed by atoms with van der Waals surface area (Å²) < 4.78 is 0. The van der Waals surface area contributed by atoms with Crippen LogP contribution in [-0.2, 0) is 0 Å². The Morgan fingerprint density at radius 2 is 0.500 bits per heavy atom. The molecule has 0 aromatic heterocycles. The summed E-state index contributed by atoms with van der Waals surface area (Å²) in [6.07, 6.45) is 0. The minimum atomic E-state index is 0. The Kier molecular flexibility index (Phi) is 118. The zero-order valence-corrected chi connectivity index (χ0v) is 9.71. The molecule has 1 nitrogen and oxygen atoms in total. The van der Waals surface area contributed by atoms with E-state index in [0.717, 1.165) is 0 Å². The summed E-state index contributed by atoms with van der Waals surface area (Å²) in [6, 6.07) is 0. The van der Waals surface area contributed by atoms with Gasteiger partial charge in [0.15, 0.2) is 0 Å². The van der Waals surface area contributed by atoms with E-state index < -0.39 is 0 Å². The zero-order valence-electron chi connectivity index (χ0n) is 3.71. The van der Waals surface area contributed by atoms with E-state index in [9.17, 15) is 0 Å². The molecule has 0 amide bonds. The molecule has 11 valence electrons.